The molecular weight excluding hydrogens is 367 g/mol. The molecule has 1 aromatic carbocycles. The highest BCUT2D eigenvalue weighted by molar-refractivity contribution is 7.93. The number of Topliss-reactive ketones (excluding diaryl/α,β-unsaturated/α-hetero) is 1. The van der Waals surface area contributed by atoms with Gasteiger partial charge in [-0.2, -0.15) is 0 Å². The van der Waals surface area contributed by atoms with E-state index in [4.69, 9.17) is 5.73 Å². The summed E-state index contributed by atoms with van der Waals surface area (Å²) in [6.07, 6.45) is 0.326. The lowest BCUT2D eigenvalue weighted by atomic mass is 9.89. The number of hydrogen-bond acceptors (Lipinski definition) is 6. The van der Waals surface area contributed by atoms with Crippen LogP contribution in [0.5, 0.6) is 0 Å². The van der Waals surface area contributed by atoms with Gasteiger partial charge >= 0.3 is 0 Å². The molecule has 1 aromatic heterocycles. The zero-order valence-electron chi connectivity index (χ0n) is 13.8. The minimum atomic E-state index is -4.07. The number of halogens is 1. The third-order valence-corrected chi connectivity index (χ3v) is 6.88. The van der Waals surface area contributed by atoms with Crippen molar-refractivity contribution in [3.05, 3.63) is 35.0 Å². The molecule has 0 fully saturated rings. The summed E-state index contributed by atoms with van der Waals surface area (Å²) in [4.78, 5) is 23.3. The lowest BCUT2D eigenvalue weighted by molar-refractivity contribution is -0.105. The minimum Gasteiger partial charge on any atom is -0.395 e. The number of ketones is 1. The third kappa shape index (κ3) is 3.57. The number of sulfone groups is 1. The maximum absolute atomic E-state index is 13.1. The fraction of sp³-hybridized carbons (Fsp3) is 0.250. The van der Waals surface area contributed by atoms with Gasteiger partial charge < -0.3 is 11.1 Å². The molecule has 2 rings (SSSR count). The molecule has 0 aliphatic heterocycles. The van der Waals surface area contributed by atoms with Crippen LogP contribution in [-0.4, -0.2) is 20.6 Å². The van der Waals surface area contributed by atoms with E-state index in [0.717, 1.165) is 24.3 Å². The van der Waals surface area contributed by atoms with E-state index in [2.05, 4.69) is 5.32 Å². The van der Waals surface area contributed by atoms with Crippen molar-refractivity contribution in [1.29, 1.82) is 0 Å². The number of anilines is 2. The lowest BCUT2D eigenvalue weighted by Crippen LogP contribution is -2.20. The summed E-state index contributed by atoms with van der Waals surface area (Å²) in [7, 11) is -4.07. The van der Waals surface area contributed by atoms with Crippen LogP contribution in [0.2, 0.25) is 0 Å². The van der Waals surface area contributed by atoms with Crippen LogP contribution in [0.3, 0.4) is 0 Å². The molecule has 3 N–H and O–H groups in total. The van der Waals surface area contributed by atoms with Gasteiger partial charge in [0.2, 0.25) is 16.2 Å². The largest absolute Gasteiger partial charge is 0.395 e. The van der Waals surface area contributed by atoms with Crippen molar-refractivity contribution in [3.63, 3.8) is 0 Å². The number of hydrogen-bond donors (Lipinski definition) is 2. The van der Waals surface area contributed by atoms with Crippen molar-refractivity contribution in [1.82, 2.24) is 0 Å². The molecule has 0 atom stereocenters. The maximum Gasteiger partial charge on any atom is 0.218 e. The highest BCUT2D eigenvalue weighted by Crippen LogP contribution is 2.43. The van der Waals surface area contributed by atoms with Crippen LogP contribution >= 0.6 is 11.3 Å². The fourth-order valence-corrected chi connectivity index (χ4v) is 5.19. The number of amides is 1. The zero-order chi connectivity index (χ0) is 19.0. The van der Waals surface area contributed by atoms with Gasteiger partial charge in [-0.05, 0) is 24.3 Å². The van der Waals surface area contributed by atoms with Gasteiger partial charge in [-0.15, -0.1) is 11.3 Å². The Morgan fingerprint density at radius 1 is 1.24 bits per heavy atom. The third-order valence-electron chi connectivity index (χ3n) is 3.37. The first-order valence-corrected chi connectivity index (χ1v) is 9.48. The molecule has 0 saturated carbocycles. The maximum atomic E-state index is 13.1. The van der Waals surface area contributed by atoms with Gasteiger partial charge in [-0.25, -0.2) is 12.8 Å². The van der Waals surface area contributed by atoms with Crippen molar-refractivity contribution < 1.29 is 22.4 Å². The highest BCUT2D eigenvalue weighted by atomic mass is 32.2. The standard InChI is InChI=1S/C16H17FN2O4S2/c1-16(2,3)14(21)13-12(19-8-20)11(18)15(24-13)25(22,23)10-6-4-9(17)5-7-10/h4-8H,18H2,1-3H3,(H,19,20). The molecule has 25 heavy (non-hydrogen) atoms. The topological polar surface area (TPSA) is 106 Å². The second-order valence-corrected chi connectivity index (χ2v) is 9.47. The summed E-state index contributed by atoms with van der Waals surface area (Å²) >= 11 is 0.689. The first kappa shape index (κ1) is 19.1. The van der Waals surface area contributed by atoms with Gasteiger partial charge in [0.1, 0.15) is 10.0 Å². The number of nitrogens with two attached hydrogens (primary N) is 1. The monoisotopic (exact) mass is 384 g/mol. The van der Waals surface area contributed by atoms with Crippen molar-refractivity contribution in [2.45, 2.75) is 29.9 Å². The van der Waals surface area contributed by atoms with Crippen LogP contribution in [0.1, 0.15) is 30.4 Å². The highest BCUT2D eigenvalue weighted by Gasteiger charge is 2.33. The minimum absolute atomic E-state index is 0.0272. The number of benzene rings is 1. The number of carbonyl (C=O) groups excluding carboxylic acids is 2. The lowest BCUT2D eigenvalue weighted by Gasteiger charge is -2.16. The van der Waals surface area contributed by atoms with E-state index in [1.807, 2.05) is 0 Å². The Morgan fingerprint density at radius 3 is 2.28 bits per heavy atom. The van der Waals surface area contributed by atoms with Crippen molar-refractivity contribution >= 4 is 44.7 Å². The number of carbonyl (C=O) groups is 2. The van der Waals surface area contributed by atoms with E-state index in [1.165, 1.54) is 0 Å². The van der Waals surface area contributed by atoms with E-state index in [1.54, 1.807) is 20.8 Å². The molecule has 2 aromatic rings. The molecule has 0 unspecified atom stereocenters. The second kappa shape index (κ2) is 6.57. The second-order valence-electron chi connectivity index (χ2n) is 6.31. The van der Waals surface area contributed by atoms with Crippen molar-refractivity contribution in [2.75, 3.05) is 11.1 Å². The molecule has 0 radical (unpaired) electrons. The average Bonchev–Trinajstić information content (AvgIpc) is 2.84. The molecule has 0 spiro atoms. The van der Waals surface area contributed by atoms with Gasteiger partial charge in [0.15, 0.2) is 5.78 Å². The summed E-state index contributed by atoms with van der Waals surface area (Å²) in [6.45, 7) is 5.01. The van der Waals surface area contributed by atoms with E-state index >= 15 is 0 Å². The summed E-state index contributed by atoms with van der Waals surface area (Å²) in [5, 5.41) is 2.31. The smallest absolute Gasteiger partial charge is 0.218 e. The number of nitrogens with one attached hydrogen (secondary N) is 1. The van der Waals surface area contributed by atoms with Gasteiger partial charge in [0.05, 0.1) is 21.1 Å². The molecule has 6 nitrogen and oxygen atoms in total. The number of nitrogen functional groups attached to an aromatic ring is 1. The Hall–Kier alpha value is -2.26. The quantitative estimate of drug-likeness (QED) is 0.468. The predicted octanol–water partition coefficient (Wildman–Crippen LogP) is 3.10. The Balaban J connectivity index is 2.68. The van der Waals surface area contributed by atoms with Crippen molar-refractivity contribution in [3.8, 4) is 0 Å². The van der Waals surface area contributed by atoms with E-state index in [9.17, 15) is 22.4 Å². The summed E-state index contributed by atoms with van der Waals surface area (Å²) < 4.78 is 38.4. The number of rotatable bonds is 5. The van der Waals surface area contributed by atoms with Crippen LogP contribution in [-0.2, 0) is 14.6 Å². The van der Waals surface area contributed by atoms with Crippen LogP contribution in [0, 0.1) is 11.2 Å². The van der Waals surface area contributed by atoms with Gasteiger partial charge in [-0.1, -0.05) is 20.8 Å². The Morgan fingerprint density at radius 2 is 1.80 bits per heavy atom. The van der Waals surface area contributed by atoms with Crippen LogP contribution in [0.25, 0.3) is 0 Å². The molecule has 1 heterocycles. The molecule has 1 amide bonds. The first-order chi connectivity index (χ1) is 11.5. The number of thiophene rings is 1. The average molecular weight is 384 g/mol. The van der Waals surface area contributed by atoms with Gasteiger partial charge in [-0.3, -0.25) is 9.59 Å². The summed E-state index contributed by atoms with van der Waals surface area (Å²) in [6, 6.07) is 4.26. The summed E-state index contributed by atoms with van der Waals surface area (Å²) in [5.74, 6) is -0.931. The Kier molecular flexibility index (Phi) is 5.01. The van der Waals surface area contributed by atoms with E-state index in [-0.39, 0.29) is 31.1 Å². The molecule has 134 valence electrons. The molecule has 0 saturated heterocycles. The van der Waals surface area contributed by atoms with Crippen molar-refractivity contribution in [2.24, 2.45) is 5.41 Å². The molecule has 9 heteroatoms. The van der Waals surface area contributed by atoms with Crippen LogP contribution in [0.15, 0.2) is 33.4 Å². The van der Waals surface area contributed by atoms with Crippen LogP contribution in [0.4, 0.5) is 15.8 Å². The predicted molar refractivity (Wildman–Crippen MR) is 94.1 cm³/mol. The Labute approximate surface area is 148 Å². The summed E-state index contributed by atoms with van der Waals surface area (Å²) in [5.41, 5.74) is 4.87. The molecule has 0 aliphatic carbocycles. The van der Waals surface area contributed by atoms with E-state index in [0.29, 0.717) is 17.7 Å². The zero-order valence-corrected chi connectivity index (χ0v) is 15.4. The fourth-order valence-electron chi connectivity index (χ4n) is 2.05. The molecule has 0 bridgehead atoms. The SMILES string of the molecule is CC(C)(C)C(=O)c1sc(S(=O)(=O)c2ccc(F)cc2)c(N)c1NC=O. The molecule has 0 aliphatic rings. The Bertz CT molecular complexity index is 926. The first-order valence-electron chi connectivity index (χ1n) is 7.18. The molecular formula is C16H17FN2O4S2. The van der Waals surface area contributed by atoms with Gasteiger partial charge in [0, 0.05) is 5.41 Å². The van der Waals surface area contributed by atoms with E-state index < -0.39 is 21.1 Å². The normalized spacial score (nSPS) is 12.0. The van der Waals surface area contributed by atoms with Crippen LogP contribution < -0.4 is 11.1 Å². The van der Waals surface area contributed by atoms with Gasteiger partial charge in [0.25, 0.3) is 0 Å².